The molecule has 0 aliphatic carbocycles. The van der Waals surface area contributed by atoms with Crippen LogP contribution in [0.4, 0.5) is 0 Å². The maximum atomic E-state index is 12.7. The van der Waals surface area contributed by atoms with Crippen molar-refractivity contribution in [2.45, 2.75) is 39.5 Å². The number of imide groups is 1. The van der Waals surface area contributed by atoms with Crippen LogP contribution in [-0.4, -0.2) is 38.4 Å². The van der Waals surface area contributed by atoms with Crippen molar-refractivity contribution in [2.75, 3.05) is 6.54 Å². The first-order valence-corrected chi connectivity index (χ1v) is 7.85. The Morgan fingerprint density at radius 2 is 1.86 bits per heavy atom. The first-order chi connectivity index (χ1) is 10.7. The minimum Gasteiger partial charge on any atom is -0.274 e. The lowest BCUT2D eigenvalue weighted by molar-refractivity contribution is 0.0623. The molecule has 0 bridgehead atoms. The highest BCUT2D eigenvalue weighted by atomic mass is 16.2. The maximum Gasteiger partial charge on any atom is 0.263 e. The summed E-state index contributed by atoms with van der Waals surface area (Å²) in [4.78, 5) is 30.8. The highest BCUT2D eigenvalue weighted by molar-refractivity contribution is 6.25. The molecule has 0 saturated heterocycles. The summed E-state index contributed by atoms with van der Waals surface area (Å²) >= 11 is 0. The fourth-order valence-corrected chi connectivity index (χ4v) is 3.23. The number of hydrogen-bond donors (Lipinski definition) is 1. The van der Waals surface area contributed by atoms with Gasteiger partial charge in [-0.05, 0) is 18.8 Å². The van der Waals surface area contributed by atoms with Crippen LogP contribution < -0.4 is 0 Å². The Labute approximate surface area is 128 Å². The first-order valence-electron chi connectivity index (χ1n) is 7.85. The Kier molecular flexibility index (Phi) is 3.92. The molecule has 2 aromatic rings. The second kappa shape index (κ2) is 5.87. The highest BCUT2D eigenvalue weighted by Gasteiger charge is 2.38. The van der Waals surface area contributed by atoms with Gasteiger partial charge < -0.3 is 0 Å². The molecule has 3 rings (SSSR count). The number of pyridine rings is 1. The lowest BCUT2D eigenvalue weighted by Crippen LogP contribution is -2.34. The van der Waals surface area contributed by atoms with Gasteiger partial charge in [-0.3, -0.25) is 19.6 Å². The summed E-state index contributed by atoms with van der Waals surface area (Å²) in [7, 11) is 0. The Morgan fingerprint density at radius 3 is 2.55 bits per heavy atom. The van der Waals surface area contributed by atoms with Gasteiger partial charge in [-0.1, -0.05) is 26.7 Å². The molecule has 0 spiro atoms. The van der Waals surface area contributed by atoms with Crippen molar-refractivity contribution in [1.82, 2.24) is 20.1 Å². The Bertz CT molecular complexity index is 716. The molecule has 3 heterocycles. The van der Waals surface area contributed by atoms with Crippen molar-refractivity contribution in [2.24, 2.45) is 5.92 Å². The van der Waals surface area contributed by atoms with E-state index in [4.69, 9.17) is 0 Å². The van der Waals surface area contributed by atoms with Gasteiger partial charge in [-0.25, -0.2) is 4.98 Å². The molecule has 0 saturated carbocycles. The SMILES string of the molecule is CCCC(CCC)CN1C(=O)c2cnc3[nH]ncc3c2C1=O. The Balaban J connectivity index is 1.92. The summed E-state index contributed by atoms with van der Waals surface area (Å²) in [5.74, 6) is -0.0798. The van der Waals surface area contributed by atoms with Crippen molar-refractivity contribution in [3.05, 3.63) is 23.5 Å². The van der Waals surface area contributed by atoms with Crippen molar-refractivity contribution in [1.29, 1.82) is 0 Å². The molecule has 0 aromatic carbocycles. The van der Waals surface area contributed by atoms with Crippen LogP contribution in [0.1, 0.15) is 60.2 Å². The zero-order chi connectivity index (χ0) is 15.7. The third-order valence-electron chi connectivity index (χ3n) is 4.25. The lowest BCUT2D eigenvalue weighted by Gasteiger charge is -2.21. The predicted molar refractivity (Wildman–Crippen MR) is 82.6 cm³/mol. The van der Waals surface area contributed by atoms with Gasteiger partial charge in [0.1, 0.15) is 0 Å². The number of fused-ring (bicyclic) bond motifs is 3. The molecule has 6 heteroatoms. The molecule has 6 nitrogen and oxygen atoms in total. The number of carbonyl (C=O) groups is 2. The fraction of sp³-hybridized carbons (Fsp3) is 0.500. The van der Waals surface area contributed by atoms with Gasteiger partial charge in [0.15, 0.2) is 5.65 Å². The minimum atomic E-state index is -0.229. The molecule has 0 unspecified atom stereocenters. The topological polar surface area (TPSA) is 79.0 Å². The summed E-state index contributed by atoms with van der Waals surface area (Å²) in [6.45, 7) is 4.75. The van der Waals surface area contributed by atoms with Crippen molar-refractivity contribution >= 4 is 22.8 Å². The van der Waals surface area contributed by atoms with Crippen molar-refractivity contribution in [3.63, 3.8) is 0 Å². The third-order valence-corrected chi connectivity index (χ3v) is 4.25. The van der Waals surface area contributed by atoms with E-state index in [-0.39, 0.29) is 11.8 Å². The van der Waals surface area contributed by atoms with E-state index in [9.17, 15) is 9.59 Å². The van der Waals surface area contributed by atoms with Gasteiger partial charge in [0.2, 0.25) is 0 Å². The zero-order valence-corrected chi connectivity index (χ0v) is 12.9. The Morgan fingerprint density at radius 1 is 1.14 bits per heavy atom. The number of amides is 2. The molecule has 1 N–H and O–H groups in total. The minimum absolute atomic E-state index is 0.217. The molecule has 116 valence electrons. The van der Waals surface area contributed by atoms with Gasteiger partial charge in [0, 0.05) is 12.7 Å². The molecular weight excluding hydrogens is 280 g/mol. The molecule has 1 aliphatic rings. The molecule has 2 aromatic heterocycles. The van der Waals surface area contributed by atoms with Gasteiger partial charge in [0.05, 0.1) is 22.7 Å². The second-order valence-corrected chi connectivity index (χ2v) is 5.84. The van der Waals surface area contributed by atoms with Gasteiger partial charge in [-0.15, -0.1) is 0 Å². The summed E-state index contributed by atoms with van der Waals surface area (Å²) in [6.07, 6.45) is 7.21. The van der Waals surface area contributed by atoms with Gasteiger partial charge in [-0.2, -0.15) is 5.10 Å². The number of aromatic amines is 1. The third kappa shape index (κ3) is 2.28. The smallest absolute Gasteiger partial charge is 0.263 e. The first kappa shape index (κ1) is 14.7. The van der Waals surface area contributed by atoms with E-state index in [1.54, 1.807) is 6.20 Å². The quantitative estimate of drug-likeness (QED) is 0.832. The van der Waals surface area contributed by atoms with E-state index in [0.717, 1.165) is 25.7 Å². The summed E-state index contributed by atoms with van der Waals surface area (Å²) < 4.78 is 0. The van der Waals surface area contributed by atoms with Crippen molar-refractivity contribution in [3.8, 4) is 0 Å². The standard InChI is InChI=1S/C16H20N4O2/c1-3-5-10(6-4-2)9-20-15(21)12-7-17-14-11(8-18-19-14)13(12)16(20)22/h7-8,10H,3-6,9H2,1-2H3,(H,17,18,19). The number of H-pyrrole nitrogens is 1. The van der Waals surface area contributed by atoms with Crippen LogP contribution >= 0.6 is 0 Å². The van der Waals surface area contributed by atoms with Gasteiger partial charge >= 0.3 is 0 Å². The van der Waals surface area contributed by atoms with E-state index in [0.29, 0.717) is 34.6 Å². The van der Waals surface area contributed by atoms with Gasteiger partial charge in [0.25, 0.3) is 11.8 Å². The summed E-state index contributed by atoms with van der Waals surface area (Å²) in [5, 5.41) is 7.28. The number of aromatic nitrogens is 3. The average Bonchev–Trinajstić information content (AvgIpc) is 3.06. The van der Waals surface area contributed by atoms with Crippen LogP contribution in [0.5, 0.6) is 0 Å². The van der Waals surface area contributed by atoms with E-state index >= 15 is 0 Å². The molecule has 0 fully saturated rings. The van der Waals surface area contributed by atoms with E-state index in [2.05, 4.69) is 29.0 Å². The normalized spacial score (nSPS) is 14.4. The maximum absolute atomic E-state index is 12.7. The number of nitrogens with one attached hydrogen (secondary N) is 1. The molecule has 0 atom stereocenters. The molecular formula is C16H20N4O2. The monoisotopic (exact) mass is 300 g/mol. The number of rotatable bonds is 6. The summed E-state index contributed by atoms with van der Waals surface area (Å²) in [6, 6.07) is 0. The highest BCUT2D eigenvalue weighted by Crippen LogP contribution is 2.29. The molecule has 1 aliphatic heterocycles. The second-order valence-electron chi connectivity index (χ2n) is 5.84. The molecule has 2 amide bonds. The van der Waals surface area contributed by atoms with Crippen LogP contribution in [0.3, 0.4) is 0 Å². The Hall–Kier alpha value is -2.24. The van der Waals surface area contributed by atoms with Crippen molar-refractivity contribution < 1.29 is 9.59 Å². The zero-order valence-electron chi connectivity index (χ0n) is 12.9. The number of carbonyl (C=O) groups excluding carboxylic acids is 2. The van der Waals surface area contributed by atoms with Crippen LogP contribution in [0.15, 0.2) is 12.4 Å². The molecule has 22 heavy (non-hydrogen) atoms. The number of hydrogen-bond acceptors (Lipinski definition) is 4. The predicted octanol–water partition coefficient (Wildman–Crippen LogP) is 2.77. The molecule has 0 radical (unpaired) electrons. The van der Waals surface area contributed by atoms with Crippen LogP contribution in [0.2, 0.25) is 0 Å². The van der Waals surface area contributed by atoms with E-state index in [1.807, 2.05) is 0 Å². The fourth-order valence-electron chi connectivity index (χ4n) is 3.23. The van der Waals surface area contributed by atoms with Crippen LogP contribution in [0.25, 0.3) is 11.0 Å². The average molecular weight is 300 g/mol. The van der Waals surface area contributed by atoms with Crippen LogP contribution in [0, 0.1) is 5.92 Å². The largest absolute Gasteiger partial charge is 0.274 e. The van der Waals surface area contributed by atoms with E-state index < -0.39 is 0 Å². The summed E-state index contributed by atoms with van der Waals surface area (Å²) in [5.41, 5.74) is 1.38. The number of nitrogens with zero attached hydrogens (tertiary/aromatic N) is 3. The van der Waals surface area contributed by atoms with Crippen LogP contribution in [-0.2, 0) is 0 Å². The van der Waals surface area contributed by atoms with E-state index in [1.165, 1.54) is 11.1 Å². The lowest BCUT2D eigenvalue weighted by atomic mass is 9.98.